The molecule has 78 valence electrons. The zero-order valence-corrected chi connectivity index (χ0v) is 10.1. The van der Waals surface area contributed by atoms with E-state index < -0.39 is 0 Å². The number of carbonyl (C=O) groups excluding carboxylic acids is 1. The van der Waals surface area contributed by atoms with Crippen molar-refractivity contribution < 1.29 is 4.79 Å². The van der Waals surface area contributed by atoms with Crippen LogP contribution in [0.4, 0.5) is 4.79 Å². The largest absolute Gasteiger partial charge is 0.332 e. The molecule has 0 aliphatic heterocycles. The van der Waals surface area contributed by atoms with Gasteiger partial charge in [0.05, 0.1) is 6.54 Å². The topological polar surface area (TPSA) is 46.9 Å². The first kappa shape index (κ1) is 10.4. The van der Waals surface area contributed by atoms with Crippen molar-refractivity contribution in [2.45, 2.75) is 6.54 Å². The van der Waals surface area contributed by atoms with Crippen molar-refractivity contribution in [3.8, 4) is 0 Å². The van der Waals surface area contributed by atoms with E-state index in [0.29, 0.717) is 6.54 Å². The zero-order chi connectivity index (χ0) is 10.7. The summed E-state index contributed by atoms with van der Waals surface area (Å²) in [5.41, 5.74) is 0. The predicted molar refractivity (Wildman–Crippen MR) is 61.9 cm³/mol. The van der Waals surface area contributed by atoms with Gasteiger partial charge in [0.2, 0.25) is 0 Å². The van der Waals surface area contributed by atoms with Crippen LogP contribution in [0.25, 0.3) is 0 Å². The lowest BCUT2D eigenvalue weighted by molar-refractivity contribution is 0.242. The number of imidazole rings is 1. The van der Waals surface area contributed by atoms with Gasteiger partial charge in [0.25, 0.3) is 0 Å². The van der Waals surface area contributed by atoms with Crippen molar-refractivity contribution in [3.63, 3.8) is 0 Å². The fraction of sp³-hybridized carbons (Fsp3) is 0.111. The number of rotatable bonds is 2. The monoisotopic (exact) mass is 285 g/mol. The molecule has 2 aromatic heterocycles. The van der Waals surface area contributed by atoms with Crippen molar-refractivity contribution in [1.82, 2.24) is 14.9 Å². The maximum absolute atomic E-state index is 11.5. The van der Waals surface area contributed by atoms with E-state index in [1.165, 1.54) is 10.9 Å². The minimum Gasteiger partial charge on any atom is -0.332 e. The van der Waals surface area contributed by atoms with Crippen molar-refractivity contribution in [3.05, 3.63) is 39.5 Å². The van der Waals surface area contributed by atoms with Crippen LogP contribution in [0.3, 0.4) is 0 Å². The number of nitrogens with one attached hydrogen (secondary N) is 1. The van der Waals surface area contributed by atoms with E-state index in [4.69, 9.17) is 0 Å². The summed E-state index contributed by atoms with van der Waals surface area (Å²) < 4.78 is 2.43. The van der Waals surface area contributed by atoms with Gasteiger partial charge in [0.1, 0.15) is 6.33 Å². The first-order valence-corrected chi connectivity index (χ1v) is 5.92. The van der Waals surface area contributed by atoms with Gasteiger partial charge in [0, 0.05) is 21.7 Å². The summed E-state index contributed by atoms with van der Waals surface area (Å²) in [5, 5.41) is 4.77. The lowest BCUT2D eigenvalue weighted by Crippen LogP contribution is -2.26. The zero-order valence-electron chi connectivity index (χ0n) is 7.68. The van der Waals surface area contributed by atoms with Gasteiger partial charge in [-0.3, -0.25) is 4.57 Å². The van der Waals surface area contributed by atoms with Gasteiger partial charge in [-0.1, -0.05) is 0 Å². The SMILES string of the molecule is O=C(NCc1sccc1Br)n1ccnc1. The highest BCUT2D eigenvalue weighted by Crippen LogP contribution is 2.22. The highest BCUT2D eigenvalue weighted by Gasteiger charge is 2.05. The fourth-order valence-corrected chi connectivity index (χ4v) is 2.51. The molecule has 1 amide bonds. The van der Waals surface area contributed by atoms with Gasteiger partial charge in [-0.2, -0.15) is 0 Å². The molecule has 0 unspecified atom stereocenters. The van der Waals surface area contributed by atoms with Gasteiger partial charge in [-0.25, -0.2) is 9.78 Å². The van der Waals surface area contributed by atoms with E-state index in [2.05, 4.69) is 26.2 Å². The Hall–Kier alpha value is -1.14. The average molecular weight is 286 g/mol. The summed E-state index contributed by atoms with van der Waals surface area (Å²) in [7, 11) is 0. The van der Waals surface area contributed by atoms with Crippen LogP contribution in [0.15, 0.2) is 34.6 Å². The standard InChI is InChI=1S/C9H8BrN3OS/c10-7-1-4-15-8(7)5-12-9(14)13-3-2-11-6-13/h1-4,6H,5H2,(H,12,14). The number of hydrogen-bond donors (Lipinski definition) is 1. The summed E-state index contributed by atoms with van der Waals surface area (Å²) in [6.07, 6.45) is 4.65. The smallest absolute Gasteiger partial charge is 0.327 e. The minimum atomic E-state index is -0.173. The quantitative estimate of drug-likeness (QED) is 0.921. The molecular formula is C9H8BrN3OS. The molecule has 0 aliphatic carbocycles. The number of amides is 1. The molecule has 0 aliphatic rings. The molecule has 0 atom stereocenters. The third kappa shape index (κ3) is 2.45. The van der Waals surface area contributed by atoms with E-state index in [-0.39, 0.29) is 6.03 Å². The summed E-state index contributed by atoms with van der Waals surface area (Å²) in [6.45, 7) is 0.523. The lowest BCUT2D eigenvalue weighted by Gasteiger charge is -2.03. The van der Waals surface area contributed by atoms with Crippen molar-refractivity contribution in [2.24, 2.45) is 0 Å². The van der Waals surface area contributed by atoms with Gasteiger partial charge < -0.3 is 5.32 Å². The Balaban J connectivity index is 1.95. The molecule has 15 heavy (non-hydrogen) atoms. The summed E-state index contributed by atoms with van der Waals surface area (Å²) in [5.74, 6) is 0. The highest BCUT2D eigenvalue weighted by molar-refractivity contribution is 9.10. The highest BCUT2D eigenvalue weighted by atomic mass is 79.9. The van der Waals surface area contributed by atoms with Crippen LogP contribution in [0, 0.1) is 0 Å². The molecule has 0 bridgehead atoms. The minimum absolute atomic E-state index is 0.173. The molecule has 0 saturated carbocycles. The van der Waals surface area contributed by atoms with E-state index in [1.54, 1.807) is 23.7 Å². The first-order valence-electron chi connectivity index (χ1n) is 4.25. The summed E-state index contributed by atoms with van der Waals surface area (Å²) in [6, 6.07) is 1.79. The van der Waals surface area contributed by atoms with Crippen LogP contribution in [0.5, 0.6) is 0 Å². The van der Waals surface area contributed by atoms with E-state index in [0.717, 1.165) is 9.35 Å². The van der Waals surface area contributed by atoms with E-state index >= 15 is 0 Å². The number of thiophene rings is 1. The second kappa shape index (κ2) is 4.59. The molecule has 4 nitrogen and oxygen atoms in total. The third-order valence-corrected chi connectivity index (χ3v) is 3.76. The number of nitrogens with zero attached hydrogens (tertiary/aromatic N) is 2. The molecular weight excluding hydrogens is 278 g/mol. The molecule has 0 fully saturated rings. The molecule has 1 N–H and O–H groups in total. The molecule has 0 aromatic carbocycles. The maximum atomic E-state index is 11.5. The van der Waals surface area contributed by atoms with Crippen LogP contribution in [0.1, 0.15) is 4.88 Å². The Labute approximate surface area is 99.1 Å². The summed E-state index contributed by atoms with van der Waals surface area (Å²) in [4.78, 5) is 16.4. The molecule has 2 aromatic rings. The molecule has 0 saturated heterocycles. The fourth-order valence-electron chi connectivity index (χ4n) is 1.08. The van der Waals surface area contributed by atoms with Gasteiger partial charge in [-0.15, -0.1) is 11.3 Å². The third-order valence-electron chi connectivity index (χ3n) is 1.83. The van der Waals surface area contributed by atoms with Crippen molar-refractivity contribution in [2.75, 3.05) is 0 Å². The summed E-state index contributed by atoms with van der Waals surface area (Å²) >= 11 is 5.01. The normalized spacial score (nSPS) is 10.2. The van der Waals surface area contributed by atoms with Crippen LogP contribution in [-0.2, 0) is 6.54 Å². The Kier molecular flexibility index (Phi) is 3.17. The molecule has 6 heteroatoms. The Morgan fingerprint density at radius 1 is 1.67 bits per heavy atom. The van der Waals surface area contributed by atoms with Crippen molar-refractivity contribution >= 4 is 33.3 Å². The average Bonchev–Trinajstić information content (AvgIpc) is 2.85. The van der Waals surface area contributed by atoms with Crippen LogP contribution in [-0.4, -0.2) is 15.6 Å². The van der Waals surface area contributed by atoms with Crippen molar-refractivity contribution in [1.29, 1.82) is 0 Å². The second-order valence-corrected chi connectivity index (χ2v) is 4.68. The molecule has 2 rings (SSSR count). The maximum Gasteiger partial charge on any atom is 0.327 e. The number of hydrogen-bond acceptors (Lipinski definition) is 3. The number of halogens is 1. The lowest BCUT2D eigenvalue weighted by atomic mass is 10.5. The second-order valence-electron chi connectivity index (χ2n) is 2.82. The Morgan fingerprint density at radius 3 is 3.13 bits per heavy atom. The number of carbonyl (C=O) groups is 1. The molecule has 0 radical (unpaired) electrons. The van der Waals surface area contributed by atoms with Gasteiger partial charge in [0.15, 0.2) is 0 Å². The Bertz CT molecular complexity index is 452. The van der Waals surface area contributed by atoms with E-state index in [9.17, 15) is 4.79 Å². The molecule has 2 heterocycles. The van der Waals surface area contributed by atoms with Gasteiger partial charge in [-0.05, 0) is 27.4 Å². The van der Waals surface area contributed by atoms with Crippen LogP contribution < -0.4 is 5.32 Å². The van der Waals surface area contributed by atoms with Crippen LogP contribution in [0.2, 0.25) is 0 Å². The first-order chi connectivity index (χ1) is 7.27. The van der Waals surface area contributed by atoms with E-state index in [1.807, 2.05) is 11.4 Å². The molecule has 0 spiro atoms. The van der Waals surface area contributed by atoms with Gasteiger partial charge >= 0.3 is 6.03 Å². The predicted octanol–water partition coefficient (Wildman–Crippen LogP) is 2.47. The Morgan fingerprint density at radius 2 is 2.53 bits per heavy atom. The van der Waals surface area contributed by atoms with Crippen LogP contribution >= 0.6 is 27.3 Å². The number of aromatic nitrogens is 2.